The third-order valence-corrected chi connectivity index (χ3v) is 4.78. The molecule has 2 aliphatic rings. The third-order valence-electron chi connectivity index (χ3n) is 4.78. The lowest BCUT2D eigenvalue weighted by Gasteiger charge is -2.49. The summed E-state index contributed by atoms with van der Waals surface area (Å²) >= 11 is 0. The molecule has 1 aromatic carbocycles. The Morgan fingerprint density at radius 1 is 1.21 bits per heavy atom. The molecule has 0 aromatic heterocycles. The van der Waals surface area contributed by atoms with E-state index in [9.17, 15) is 8.78 Å². The minimum Gasteiger partial charge on any atom is -0.316 e. The molecular formula is C16H21F2N. The molecule has 1 N–H and O–H groups in total. The van der Waals surface area contributed by atoms with Crippen LogP contribution in [-0.2, 0) is 5.41 Å². The van der Waals surface area contributed by atoms with E-state index < -0.39 is 5.82 Å². The molecule has 2 fully saturated rings. The normalized spacial score (nSPS) is 22.3. The van der Waals surface area contributed by atoms with Gasteiger partial charge in [0.1, 0.15) is 11.6 Å². The van der Waals surface area contributed by atoms with Crippen LogP contribution in [0.3, 0.4) is 0 Å². The number of nitrogens with one attached hydrogen (secondary N) is 1. The van der Waals surface area contributed by atoms with Crippen molar-refractivity contribution >= 4 is 0 Å². The molecule has 0 saturated heterocycles. The Bertz CT molecular complexity index is 472. The Labute approximate surface area is 113 Å². The summed E-state index contributed by atoms with van der Waals surface area (Å²) < 4.78 is 27.2. The van der Waals surface area contributed by atoms with Crippen LogP contribution in [0.15, 0.2) is 18.2 Å². The third kappa shape index (κ3) is 2.29. The molecule has 0 radical (unpaired) electrons. The van der Waals surface area contributed by atoms with Crippen LogP contribution in [0.1, 0.15) is 44.6 Å². The van der Waals surface area contributed by atoms with Crippen LogP contribution in [0.2, 0.25) is 0 Å². The molecule has 1 nitrogen and oxygen atoms in total. The van der Waals surface area contributed by atoms with Gasteiger partial charge in [0.2, 0.25) is 0 Å². The van der Waals surface area contributed by atoms with Gasteiger partial charge >= 0.3 is 0 Å². The van der Waals surface area contributed by atoms with Crippen LogP contribution >= 0.6 is 0 Å². The van der Waals surface area contributed by atoms with Gasteiger partial charge in [-0.05, 0) is 55.7 Å². The second-order valence-electron chi connectivity index (χ2n) is 6.43. The van der Waals surface area contributed by atoms with Crippen molar-refractivity contribution < 1.29 is 8.78 Å². The molecule has 19 heavy (non-hydrogen) atoms. The van der Waals surface area contributed by atoms with Gasteiger partial charge in [0, 0.05) is 18.0 Å². The number of halogens is 2. The Morgan fingerprint density at radius 2 is 1.95 bits per heavy atom. The standard InChI is InChI=1S/C16H21F2N/c1-2-7-19-11-16(9-15(10-16)5-6-15)13-4-3-12(17)8-14(13)18/h3-4,8,19H,2,5-7,9-11H2,1H3. The number of rotatable bonds is 5. The fourth-order valence-electron chi connectivity index (χ4n) is 3.75. The van der Waals surface area contributed by atoms with E-state index in [0.29, 0.717) is 11.0 Å². The first-order valence-corrected chi connectivity index (χ1v) is 7.26. The largest absolute Gasteiger partial charge is 0.316 e. The molecular weight excluding hydrogens is 244 g/mol. The number of hydrogen-bond acceptors (Lipinski definition) is 1. The summed E-state index contributed by atoms with van der Waals surface area (Å²) in [6.45, 7) is 3.89. The molecule has 1 spiro atoms. The topological polar surface area (TPSA) is 12.0 Å². The van der Waals surface area contributed by atoms with E-state index in [1.165, 1.54) is 18.9 Å². The van der Waals surface area contributed by atoms with Gasteiger partial charge in [0.25, 0.3) is 0 Å². The maximum atomic E-state index is 14.1. The minimum absolute atomic E-state index is 0.108. The SMILES string of the molecule is CCCNCC1(c2ccc(F)cc2F)CC2(CC2)C1. The molecule has 2 aliphatic carbocycles. The van der Waals surface area contributed by atoms with E-state index in [-0.39, 0.29) is 11.2 Å². The highest BCUT2D eigenvalue weighted by Gasteiger charge is 2.61. The van der Waals surface area contributed by atoms with Crippen molar-refractivity contribution in [3.8, 4) is 0 Å². The minimum atomic E-state index is -0.488. The Hall–Kier alpha value is -0.960. The van der Waals surface area contributed by atoms with Crippen molar-refractivity contribution in [1.82, 2.24) is 5.32 Å². The van der Waals surface area contributed by atoms with E-state index in [1.54, 1.807) is 6.07 Å². The molecule has 0 aliphatic heterocycles. The molecule has 0 heterocycles. The lowest BCUT2D eigenvalue weighted by Crippen LogP contribution is -2.50. The zero-order valence-electron chi connectivity index (χ0n) is 11.4. The lowest BCUT2D eigenvalue weighted by atomic mass is 9.56. The van der Waals surface area contributed by atoms with E-state index in [0.717, 1.165) is 38.4 Å². The summed E-state index contributed by atoms with van der Waals surface area (Å²) in [5.41, 5.74) is 1.09. The average Bonchev–Trinajstić information content (AvgIpc) is 3.08. The Morgan fingerprint density at radius 3 is 2.53 bits per heavy atom. The zero-order chi connectivity index (χ0) is 13.5. The predicted octanol–water partition coefficient (Wildman–Crippen LogP) is 3.78. The molecule has 104 valence electrons. The number of hydrogen-bond donors (Lipinski definition) is 1. The highest BCUT2D eigenvalue weighted by atomic mass is 19.1. The second kappa shape index (κ2) is 4.55. The van der Waals surface area contributed by atoms with Crippen molar-refractivity contribution in [2.45, 2.75) is 44.4 Å². The average molecular weight is 265 g/mol. The molecule has 3 heteroatoms. The fourth-order valence-corrected chi connectivity index (χ4v) is 3.75. The van der Waals surface area contributed by atoms with Gasteiger partial charge in [-0.25, -0.2) is 8.78 Å². The van der Waals surface area contributed by atoms with Gasteiger partial charge in [0.15, 0.2) is 0 Å². The first-order chi connectivity index (χ1) is 9.09. The van der Waals surface area contributed by atoms with Crippen LogP contribution in [0.4, 0.5) is 8.78 Å². The van der Waals surface area contributed by atoms with Crippen molar-refractivity contribution in [3.05, 3.63) is 35.4 Å². The zero-order valence-corrected chi connectivity index (χ0v) is 11.4. The summed E-state index contributed by atoms with van der Waals surface area (Å²) in [5.74, 6) is -0.868. The van der Waals surface area contributed by atoms with Crippen LogP contribution in [0.5, 0.6) is 0 Å². The van der Waals surface area contributed by atoms with Crippen LogP contribution in [0, 0.1) is 17.0 Å². The predicted molar refractivity (Wildman–Crippen MR) is 72.1 cm³/mol. The summed E-state index contributed by atoms with van der Waals surface area (Å²) in [6, 6.07) is 4.06. The van der Waals surface area contributed by atoms with Gasteiger partial charge in [-0.1, -0.05) is 13.0 Å². The van der Waals surface area contributed by atoms with Crippen LogP contribution in [-0.4, -0.2) is 13.1 Å². The van der Waals surface area contributed by atoms with Crippen molar-refractivity contribution in [2.75, 3.05) is 13.1 Å². The Balaban J connectivity index is 1.82. The molecule has 2 saturated carbocycles. The highest BCUT2D eigenvalue weighted by Crippen LogP contribution is 2.68. The van der Waals surface area contributed by atoms with Crippen LogP contribution in [0.25, 0.3) is 0 Å². The molecule has 0 bridgehead atoms. The van der Waals surface area contributed by atoms with E-state index in [1.807, 2.05) is 0 Å². The van der Waals surface area contributed by atoms with Gasteiger partial charge < -0.3 is 5.32 Å². The van der Waals surface area contributed by atoms with Gasteiger partial charge in [-0.3, -0.25) is 0 Å². The van der Waals surface area contributed by atoms with E-state index in [2.05, 4.69) is 12.2 Å². The summed E-state index contributed by atoms with van der Waals surface area (Å²) in [4.78, 5) is 0. The van der Waals surface area contributed by atoms with E-state index in [4.69, 9.17) is 0 Å². The second-order valence-corrected chi connectivity index (χ2v) is 6.43. The Kier molecular flexibility index (Phi) is 3.12. The van der Waals surface area contributed by atoms with Gasteiger partial charge in [-0.2, -0.15) is 0 Å². The smallest absolute Gasteiger partial charge is 0.129 e. The quantitative estimate of drug-likeness (QED) is 0.799. The first kappa shape index (κ1) is 13.0. The van der Waals surface area contributed by atoms with Crippen LogP contribution < -0.4 is 5.32 Å². The fraction of sp³-hybridized carbons (Fsp3) is 0.625. The van der Waals surface area contributed by atoms with Gasteiger partial charge in [0.05, 0.1) is 0 Å². The highest BCUT2D eigenvalue weighted by molar-refractivity contribution is 5.35. The maximum Gasteiger partial charge on any atom is 0.129 e. The molecule has 1 aromatic rings. The number of benzene rings is 1. The summed E-state index contributed by atoms with van der Waals surface area (Å²) in [5, 5.41) is 3.42. The lowest BCUT2D eigenvalue weighted by molar-refractivity contribution is 0.112. The summed E-state index contributed by atoms with van der Waals surface area (Å²) in [6.07, 6.45) is 5.75. The van der Waals surface area contributed by atoms with E-state index >= 15 is 0 Å². The first-order valence-electron chi connectivity index (χ1n) is 7.26. The molecule has 0 unspecified atom stereocenters. The summed E-state index contributed by atoms with van der Waals surface area (Å²) in [7, 11) is 0. The molecule has 0 amide bonds. The van der Waals surface area contributed by atoms with Gasteiger partial charge in [-0.15, -0.1) is 0 Å². The monoisotopic (exact) mass is 265 g/mol. The molecule has 3 rings (SSSR count). The van der Waals surface area contributed by atoms with Crippen molar-refractivity contribution in [2.24, 2.45) is 5.41 Å². The van der Waals surface area contributed by atoms with Crippen molar-refractivity contribution in [3.63, 3.8) is 0 Å². The maximum absolute atomic E-state index is 14.1. The molecule has 0 atom stereocenters. The van der Waals surface area contributed by atoms with Crippen molar-refractivity contribution in [1.29, 1.82) is 0 Å².